The first-order valence-corrected chi connectivity index (χ1v) is 6.98. The molecule has 0 aliphatic rings. The summed E-state index contributed by atoms with van der Waals surface area (Å²) < 4.78 is 0. The maximum absolute atomic E-state index is 9.05. The van der Waals surface area contributed by atoms with Crippen LogP contribution < -0.4 is 27.0 Å². The molecule has 0 spiro atoms. The number of nitrogens with two attached hydrogens (primary N) is 1. The third kappa shape index (κ3) is 15.8. The van der Waals surface area contributed by atoms with Crippen molar-refractivity contribution in [1.29, 1.82) is 0 Å². The number of rotatable bonds is 14. The smallest absolute Gasteiger partial charge is 0.0524 e. The fourth-order valence-corrected chi connectivity index (χ4v) is 1.44. The lowest BCUT2D eigenvalue weighted by atomic mass is 10.3. The first-order valence-electron chi connectivity index (χ1n) is 6.98. The van der Waals surface area contributed by atoms with E-state index in [0.717, 1.165) is 58.8 Å². The number of nitrogens with one attached hydrogen (secondary N) is 4. The van der Waals surface area contributed by atoms with Crippen molar-refractivity contribution in [3.63, 3.8) is 0 Å². The van der Waals surface area contributed by atoms with Gasteiger partial charge < -0.3 is 32.1 Å². The van der Waals surface area contributed by atoms with E-state index in [9.17, 15) is 0 Å². The molecule has 0 radical (unpaired) electrons. The molecule has 6 heteroatoms. The number of hydrogen-bond donors (Lipinski definition) is 6. The zero-order valence-electron chi connectivity index (χ0n) is 11.7. The van der Waals surface area contributed by atoms with Crippen LogP contribution >= 0.6 is 0 Å². The van der Waals surface area contributed by atoms with Crippen LogP contribution in [-0.4, -0.2) is 70.1 Å². The molecule has 0 fully saturated rings. The summed E-state index contributed by atoms with van der Waals surface area (Å²) in [5.41, 5.74) is 5.36. The normalized spacial score (nSPS) is 12.8. The molecule has 6 nitrogen and oxygen atoms in total. The predicted octanol–water partition coefficient (Wildman–Crippen LogP) is -1.93. The first kappa shape index (κ1) is 17.8. The summed E-state index contributed by atoms with van der Waals surface area (Å²) in [4.78, 5) is 0. The molecule has 1 unspecified atom stereocenters. The van der Waals surface area contributed by atoms with E-state index in [1.807, 2.05) is 6.92 Å². The fraction of sp³-hybridized carbons (Fsp3) is 1.00. The van der Waals surface area contributed by atoms with Crippen molar-refractivity contribution in [2.24, 2.45) is 5.73 Å². The van der Waals surface area contributed by atoms with Crippen molar-refractivity contribution in [3.05, 3.63) is 0 Å². The van der Waals surface area contributed by atoms with Crippen LogP contribution in [0.2, 0.25) is 0 Å². The van der Waals surface area contributed by atoms with Gasteiger partial charge in [0.15, 0.2) is 0 Å². The summed E-state index contributed by atoms with van der Waals surface area (Å²) in [6.45, 7) is 10.1. The molecule has 0 aromatic heterocycles. The standard InChI is InChI=1S/C12H31N5O/c1-12(18)2-4-14-6-8-16-10-11-17-9-7-15-5-3-13/h12,14-18H,2-11,13H2,1H3. The van der Waals surface area contributed by atoms with Gasteiger partial charge in [-0.1, -0.05) is 0 Å². The number of aliphatic hydroxyl groups is 1. The zero-order valence-corrected chi connectivity index (χ0v) is 11.7. The maximum atomic E-state index is 9.05. The van der Waals surface area contributed by atoms with Crippen molar-refractivity contribution >= 4 is 0 Å². The van der Waals surface area contributed by atoms with E-state index in [4.69, 9.17) is 10.8 Å². The van der Waals surface area contributed by atoms with Crippen LogP contribution in [-0.2, 0) is 0 Å². The van der Waals surface area contributed by atoms with Gasteiger partial charge in [-0.15, -0.1) is 0 Å². The Morgan fingerprint density at radius 2 is 1.17 bits per heavy atom. The second-order valence-electron chi connectivity index (χ2n) is 4.43. The predicted molar refractivity (Wildman–Crippen MR) is 76.8 cm³/mol. The Morgan fingerprint density at radius 3 is 1.56 bits per heavy atom. The highest BCUT2D eigenvalue weighted by Gasteiger charge is 1.94. The quantitative estimate of drug-likeness (QED) is 0.204. The van der Waals surface area contributed by atoms with Crippen LogP contribution in [0.25, 0.3) is 0 Å². The second kappa shape index (κ2) is 14.8. The molecule has 110 valence electrons. The Bertz CT molecular complexity index is 157. The van der Waals surface area contributed by atoms with Crippen LogP contribution in [0.3, 0.4) is 0 Å². The second-order valence-corrected chi connectivity index (χ2v) is 4.43. The van der Waals surface area contributed by atoms with Gasteiger partial charge in [0, 0.05) is 52.4 Å². The molecule has 0 saturated heterocycles. The zero-order chi connectivity index (χ0) is 13.5. The topological polar surface area (TPSA) is 94.4 Å². The molecule has 0 heterocycles. The summed E-state index contributed by atoms with van der Waals surface area (Å²) in [5, 5.41) is 22.3. The van der Waals surface area contributed by atoms with Gasteiger partial charge in [0.1, 0.15) is 0 Å². The molecule has 0 saturated carbocycles. The lowest BCUT2D eigenvalue weighted by Gasteiger charge is -2.08. The Morgan fingerprint density at radius 1 is 0.778 bits per heavy atom. The van der Waals surface area contributed by atoms with Gasteiger partial charge in [0.25, 0.3) is 0 Å². The molecule has 0 amide bonds. The van der Waals surface area contributed by atoms with Crippen LogP contribution in [0.4, 0.5) is 0 Å². The highest BCUT2D eigenvalue weighted by molar-refractivity contribution is 4.57. The van der Waals surface area contributed by atoms with Crippen LogP contribution in [0.15, 0.2) is 0 Å². The van der Waals surface area contributed by atoms with Gasteiger partial charge in [-0.3, -0.25) is 0 Å². The highest BCUT2D eigenvalue weighted by Crippen LogP contribution is 1.84. The number of aliphatic hydroxyl groups excluding tert-OH is 1. The summed E-state index contributed by atoms with van der Waals surface area (Å²) in [7, 11) is 0. The molecule has 0 aliphatic heterocycles. The van der Waals surface area contributed by atoms with Crippen LogP contribution in [0.1, 0.15) is 13.3 Å². The molecule has 0 aromatic carbocycles. The molecule has 18 heavy (non-hydrogen) atoms. The average Bonchev–Trinajstić information content (AvgIpc) is 2.34. The van der Waals surface area contributed by atoms with E-state index in [0.29, 0.717) is 6.54 Å². The summed E-state index contributed by atoms with van der Waals surface area (Å²) in [5.74, 6) is 0. The van der Waals surface area contributed by atoms with Crippen molar-refractivity contribution in [1.82, 2.24) is 21.3 Å². The van der Waals surface area contributed by atoms with E-state index < -0.39 is 0 Å². The third-order valence-electron chi connectivity index (χ3n) is 2.50. The molecule has 7 N–H and O–H groups in total. The molecular formula is C12H31N5O. The van der Waals surface area contributed by atoms with Crippen molar-refractivity contribution in [2.45, 2.75) is 19.4 Å². The van der Waals surface area contributed by atoms with E-state index >= 15 is 0 Å². The van der Waals surface area contributed by atoms with Crippen molar-refractivity contribution in [3.8, 4) is 0 Å². The highest BCUT2D eigenvalue weighted by atomic mass is 16.3. The van der Waals surface area contributed by atoms with E-state index in [1.54, 1.807) is 0 Å². The minimum atomic E-state index is -0.206. The van der Waals surface area contributed by atoms with Crippen molar-refractivity contribution in [2.75, 3.05) is 58.9 Å². The lowest BCUT2D eigenvalue weighted by molar-refractivity contribution is 0.184. The van der Waals surface area contributed by atoms with Gasteiger partial charge >= 0.3 is 0 Å². The van der Waals surface area contributed by atoms with Gasteiger partial charge in [0.05, 0.1) is 6.10 Å². The Kier molecular flexibility index (Phi) is 14.6. The average molecular weight is 261 g/mol. The summed E-state index contributed by atoms with van der Waals surface area (Å²) in [6, 6.07) is 0. The lowest BCUT2D eigenvalue weighted by Crippen LogP contribution is -2.36. The SMILES string of the molecule is CC(O)CCNCCNCCNCCNCCN. The van der Waals surface area contributed by atoms with Crippen LogP contribution in [0.5, 0.6) is 0 Å². The molecular weight excluding hydrogens is 230 g/mol. The van der Waals surface area contributed by atoms with Gasteiger partial charge in [-0.2, -0.15) is 0 Å². The van der Waals surface area contributed by atoms with E-state index in [1.165, 1.54) is 0 Å². The Balaban J connectivity index is 2.90. The Labute approximate surface area is 111 Å². The van der Waals surface area contributed by atoms with Gasteiger partial charge in [-0.25, -0.2) is 0 Å². The number of hydrogen-bond acceptors (Lipinski definition) is 6. The largest absolute Gasteiger partial charge is 0.393 e. The maximum Gasteiger partial charge on any atom is 0.0524 e. The molecule has 0 bridgehead atoms. The van der Waals surface area contributed by atoms with E-state index in [-0.39, 0.29) is 6.10 Å². The van der Waals surface area contributed by atoms with Gasteiger partial charge in [-0.05, 0) is 19.9 Å². The van der Waals surface area contributed by atoms with E-state index in [2.05, 4.69) is 21.3 Å². The Hall–Kier alpha value is -0.240. The molecule has 0 aliphatic carbocycles. The van der Waals surface area contributed by atoms with Crippen molar-refractivity contribution < 1.29 is 5.11 Å². The summed E-state index contributed by atoms with van der Waals surface area (Å²) >= 11 is 0. The first-order chi connectivity index (χ1) is 8.77. The molecule has 1 atom stereocenters. The molecule has 0 rings (SSSR count). The monoisotopic (exact) mass is 261 g/mol. The minimum absolute atomic E-state index is 0.206. The fourth-order valence-electron chi connectivity index (χ4n) is 1.44. The minimum Gasteiger partial charge on any atom is -0.393 e. The summed E-state index contributed by atoms with van der Waals surface area (Å²) in [6.07, 6.45) is 0.611. The third-order valence-corrected chi connectivity index (χ3v) is 2.50. The van der Waals surface area contributed by atoms with Gasteiger partial charge in [0.2, 0.25) is 0 Å². The van der Waals surface area contributed by atoms with Crippen LogP contribution in [0, 0.1) is 0 Å². The molecule has 0 aromatic rings.